The van der Waals surface area contributed by atoms with Crippen molar-refractivity contribution in [1.82, 2.24) is 5.32 Å². The van der Waals surface area contributed by atoms with Crippen molar-refractivity contribution in [3.63, 3.8) is 0 Å². The number of primary amides is 1. The number of benzene rings is 1. The van der Waals surface area contributed by atoms with Gasteiger partial charge < -0.3 is 11.1 Å². The molecule has 0 spiro atoms. The van der Waals surface area contributed by atoms with Crippen LogP contribution in [0.3, 0.4) is 0 Å². The van der Waals surface area contributed by atoms with E-state index < -0.39 is 5.41 Å². The van der Waals surface area contributed by atoms with Gasteiger partial charge in [0, 0.05) is 12.6 Å². The van der Waals surface area contributed by atoms with E-state index in [1.54, 1.807) is 0 Å². The maximum atomic E-state index is 11.3. The fourth-order valence-electron chi connectivity index (χ4n) is 1.97. The van der Waals surface area contributed by atoms with Crippen LogP contribution in [0.1, 0.15) is 57.7 Å². The number of hydrogen-bond donors (Lipinski definition) is 2. The SMILES string of the molecule is CCCCc1ccc(C(C)NCC(C)(C)C(N)=O)cc1. The lowest BCUT2D eigenvalue weighted by molar-refractivity contribution is -0.125. The molecule has 0 aliphatic rings. The number of amides is 1. The molecule has 1 aromatic carbocycles. The first-order valence-corrected chi connectivity index (χ1v) is 7.49. The Morgan fingerprint density at radius 2 is 1.90 bits per heavy atom. The fraction of sp³-hybridized carbons (Fsp3) is 0.588. The van der Waals surface area contributed by atoms with Crippen molar-refractivity contribution in [1.29, 1.82) is 0 Å². The zero-order valence-electron chi connectivity index (χ0n) is 13.2. The third kappa shape index (κ3) is 4.97. The van der Waals surface area contributed by atoms with Crippen LogP contribution >= 0.6 is 0 Å². The maximum absolute atomic E-state index is 11.3. The Morgan fingerprint density at radius 3 is 2.40 bits per heavy atom. The van der Waals surface area contributed by atoms with Crippen molar-refractivity contribution in [2.75, 3.05) is 6.54 Å². The molecule has 1 unspecified atom stereocenters. The molecule has 20 heavy (non-hydrogen) atoms. The lowest BCUT2D eigenvalue weighted by Crippen LogP contribution is -2.41. The number of aryl methyl sites for hydroxylation is 1. The first-order chi connectivity index (χ1) is 9.36. The Balaban J connectivity index is 2.55. The van der Waals surface area contributed by atoms with Crippen LogP contribution in [0.4, 0.5) is 0 Å². The smallest absolute Gasteiger partial charge is 0.224 e. The second-order valence-electron chi connectivity index (χ2n) is 6.20. The highest BCUT2D eigenvalue weighted by atomic mass is 16.1. The second kappa shape index (κ2) is 7.44. The summed E-state index contributed by atoms with van der Waals surface area (Å²) < 4.78 is 0. The molecule has 0 bridgehead atoms. The van der Waals surface area contributed by atoms with Crippen molar-refractivity contribution in [3.05, 3.63) is 35.4 Å². The van der Waals surface area contributed by atoms with E-state index in [-0.39, 0.29) is 11.9 Å². The van der Waals surface area contributed by atoms with Crippen molar-refractivity contribution in [2.24, 2.45) is 11.1 Å². The van der Waals surface area contributed by atoms with Gasteiger partial charge in [0.1, 0.15) is 0 Å². The lowest BCUT2D eigenvalue weighted by Gasteiger charge is -2.24. The Labute approximate surface area is 122 Å². The number of nitrogens with two attached hydrogens (primary N) is 1. The Bertz CT molecular complexity index is 423. The molecule has 0 aliphatic heterocycles. The van der Waals surface area contributed by atoms with E-state index >= 15 is 0 Å². The number of unbranched alkanes of at least 4 members (excludes halogenated alkanes) is 1. The molecule has 1 aromatic rings. The zero-order valence-corrected chi connectivity index (χ0v) is 13.2. The third-order valence-electron chi connectivity index (χ3n) is 3.82. The molecule has 1 rings (SSSR count). The molecule has 112 valence electrons. The summed E-state index contributed by atoms with van der Waals surface area (Å²) in [5.41, 5.74) is 7.49. The standard InChI is InChI=1S/C17H28N2O/c1-5-6-7-14-8-10-15(11-9-14)13(2)19-12-17(3,4)16(18)20/h8-11,13,19H,5-7,12H2,1-4H3,(H2,18,20). The van der Waals surface area contributed by atoms with Crippen LogP contribution in [-0.4, -0.2) is 12.5 Å². The molecule has 1 amide bonds. The van der Waals surface area contributed by atoms with Crippen LogP contribution in [-0.2, 0) is 11.2 Å². The number of rotatable bonds is 8. The molecule has 0 radical (unpaired) electrons. The van der Waals surface area contributed by atoms with Crippen molar-refractivity contribution < 1.29 is 4.79 Å². The predicted molar refractivity (Wildman–Crippen MR) is 84.4 cm³/mol. The van der Waals surface area contributed by atoms with Gasteiger partial charge in [-0.25, -0.2) is 0 Å². The van der Waals surface area contributed by atoms with Crippen molar-refractivity contribution in [2.45, 2.75) is 53.0 Å². The van der Waals surface area contributed by atoms with E-state index in [9.17, 15) is 4.79 Å². The van der Waals surface area contributed by atoms with Crippen LogP contribution in [0.25, 0.3) is 0 Å². The van der Waals surface area contributed by atoms with Gasteiger partial charge in [-0.1, -0.05) is 37.6 Å². The Kier molecular flexibility index (Phi) is 6.21. The first-order valence-electron chi connectivity index (χ1n) is 7.49. The summed E-state index contributed by atoms with van der Waals surface area (Å²) >= 11 is 0. The summed E-state index contributed by atoms with van der Waals surface area (Å²) in [6.07, 6.45) is 3.61. The summed E-state index contributed by atoms with van der Waals surface area (Å²) in [5, 5.41) is 3.38. The van der Waals surface area contributed by atoms with Gasteiger partial charge in [-0.2, -0.15) is 0 Å². The normalized spacial score (nSPS) is 13.2. The van der Waals surface area contributed by atoms with Crippen molar-refractivity contribution >= 4 is 5.91 Å². The van der Waals surface area contributed by atoms with Gasteiger partial charge in [-0.15, -0.1) is 0 Å². The van der Waals surface area contributed by atoms with E-state index in [0.29, 0.717) is 6.54 Å². The monoisotopic (exact) mass is 276 g/mol. The van der Waals surface area contributed by atoms with E-state index in [1.807, 2.05) is 13.8 Å². The van der Waals surface area contributed by atoms with Crippen LogP contribution in [0.2, 0.25) is 0 Å². The van der Waals surface area contributed by atoms with E-state index in [4.69, 9.17) is 5.73 Å². The largest absolute Gasteiger partial charge is 0.369 e. The molecule has 1 atom stereocenters. The molecule has 0 fully saturated rings. The highest BCUT2D eigenvalue weighted by Crippen LogP contribution is 2.18. The minimum Gasteiger partial charge on any atom is -0.369 e. The zero-order chi connectivity index (χ0) is 15.2. The fourth-order valence-corrected chi connectivity index (χ4v) is 1.97. The Morgan fingerprint density at radius 1 is 1.30 bits per heavy atom. The molecular weight excluding hydrogens is 248 g/mol. The first kappa shape index (κ1) is 16.7. The molecule has 3 heteroatoms. The molecular formula is C17H28N2O. The minimum atomic E-state index is -0.519. The van der Waals surface area contributed by atoms with Crippen LogP contribution in [0, 0.1) is 5.41 Å². The highest BCUT2D eigenvalue weighted by molar-refractivity contribution is 5.80. The van der Waals surface area contributed by atoms with Gasteiger partial charge in [0.25, 0.3) is 0 Å². The number of carbonyl (C=O) groups is 1. The molecule has 0 saturated heterocycles. The molecule has 3 N–H and O–H groups in total. The van der Waals surface area contributed by atoms with Gasteiger partial charge in [0.15, 0.2) is 0 Å². The summed E-state index contributed by atoms with van der Waals surface area (Å²) in [4.78, 5) is 11.3. The maximum Gasteiger partial charge on any atom is 0.224 e. The van der Waals surface area contributed by atoms with E-state index in [0.717, 1.165) is 6.42 Å². The number of hydrogen-bond acceptors (Lipinski definition) is 2. The summed E-state index contributed by atoms with van der Waals surface area (Å²) in [6, 6.07) is 8.94. The average molecular weight is 276 g/mol. The van der Waals surface area contributed by atoms with Crippen LogP contribution < -0.4 is 11.1 Å². The second-order valence-corrected chi connectivity index (χ2v) is 6.20. The van der Waals surface area contributed by atoms with Gasteiger partial charge in [-0.3, -0.25) is 4.79 Å². The summed E-state index contributed by atoms with van der Waals surface area (Å²) in [5.74, 6) is -0.271. The van der Waals surface area contributed by atoms with Crippen LogP contribution in [0.5, 0.6) is 0 Å². The molecule has 0 aliphatic carbocycles. The molecule has 0 aromatic heterocycles. The lowest BCUT2D eigenvalue weighted by atomic mass is 9.92. The highest BCUT2D eigenvalue weighted by Gasteiger charge is 2.25. The van der Waals surface area contributed by atoms with Gasteiger partial charge >= 0.3 is 0 Å². The number of nitrogens with one attached hydrogen (secondary N) is 1. The molecule has 3 nitrogen and oxygen atoms in total. The minimum absolute atomic E-state index is 0.217. The van der Waals surface area contributed by atoms with Crippen molar-refractivity contribution in [3.8, 4) is 0 Å². The Hall–Kier alpha value is -1.35. The summed E-state index contributed by atoms with van der Waals surface area (Å²) in [6.45, 7) is 8.63. The van der Waals surface area contributed by atoms with E-state index in [1.165, 1.54) is 24.0 Å². The van der Waals surface area contributed by atoms with Gasteiger partial charge in [-0.05, 0) is 44.7 Å². The third-order valence-corrected chi connectivity index (χ3v) is 3.82. The average Bonchev–Trinajstić information content (AvgIpc) is 2.43. The van der Waals surface area contributed by atoms with E-state index in [2.05, 4.69) is 43.4 Å². The molecule has 0 heterocycles. The summed E-state index contributed by atoms with van der Waals surface area (Å²) in [7, 11) is 0. The van der Waals surface area contributed by atoms with Crippen LogP contribution in [0.15, 0.2) is 24.3 Å². The quantitative estimate of drug-likeness (QED) is 0.766. The van der Waals surface area contributed by atoms with Gasteiger partial charge in [0.2, 0.25) is 5.91 Å². The predicted octanol–water partition coefficient (Wildman–Crippen LogP) is 3.19. The number of carbonyl (C=O) groups excluding carboxylic acids is 1. The molecule has 0 saturated carbocycles. The topological polar surface area (TPSA) is 55.1 Å². The van der Waals surface area contributed by atoms with Gasteiger partial charge in [0.05, 0.1) is 5.41 Å².